The number of imidazole rings is 1. The SMILES string of the molecule is Cc1nc2cccc(C(=O)O)c2n1CC1CC(O)C1. The van der Waals surface area contributed by atoms with Crippen LogP contribution in [0.1, 0.15) is 29.0 Å². The van der Waals surface area contributed by atoms with Gasteiger partial charge in [-0.2, -0.15) is 0 Å². The molecule has 5 heteroatoms. The minimum absolute atomic E-state index is 0.195. The summed E-state index contributed by atoms with van der Waals surface area (Å²) in [7, 11) is 0. The van der Waals surface area contributed by atoms with Crippen molar-refractivity contribution in [3.05, 3.63) is 29.6 Å². The van der Waals surface area contributed by atoms with E-state index in [4.69, 9.17) is 0 Å². The van der Waals surface area contributed by atoms with Crippen molar-refractivity contribution in [2.75, 3.05) is 0 Å². The van der Waals surface area contributed by atoms with Gasteiger partial charge in [0.1, 0.15) is 5.82 Å². The van der Waals surface area contributed by atoms with Crippen LogP contribution in [0.4, 0.5) is 0 Å². The lowest BCUT2D eigenvalue weighted by atomic mass is 9.82. The van der Waals surface area contributed by atoms with Crippen LogP contribution in [-0.4, -0.2) is 31.8 Å². The predicted octanol–water partition coefficient (Wildman–Crippen LogP) is 1.81. The molecule has 0 spiro atoms. The molecule has 1 saturated carbocycles. The van der Waals surface area contributed by atoms with Crippen LogP contribution in [0.15, 0.2) is 18.2 Å². The van der Waals surface area contributed by atoms with Crippen molar-refractivity contribution in [2.45, 2.75) is 32.4 Å². The van der Waals surface area contributed by atoms with Crippen LogP contribution in [0.25, 0.3) is 11.0 Å². The number of carboxylic acids is 1. The highest BCUT2D eigenvalue weighted by molar-refractivity contribution is 6.01. The number of carboxylic acid groups (broad SMARTS) is 1. The third-order valence-electron chi connectivity index (χ3n) is 3.84. The molecular formula is C14H16N2O3. The Morgan fingerprint density at radius 3 is 2.84 bits per heavy atom. The Morgan fingerprint density at radius 1 is 1.47 bits per heavy atom. The molecule has 2 N–H and O–H groups in total. The van der Waals surface area contributed by atoms with Crippen LogP contribution in [0, 0.1) is 12.8 Å². The molecule has 0 aliphatic heterocycles. The lowest BCUT2D eigenvalue weighted by molar-refractivity contribution is 0.0354. The molecule has 0 atom stereocenters. The largest absolute Gasteiger partial charge is 0.478 e. The second kappa shape index (κ2) is 4.35. The van der Waals surface area contributed by atoms with Crippen LogP contribution in [0.3, 0.4) is 0 Å². The standard InChI is InChI=1S/C14H16N2O3/c1-8-15-12-4-2-3-11(14(18)19)13(12)16(8)7-9-5-10(17)6-9/h2-4,9-10,17H,5-7H2,1H3,(H,18,19). The number of hydrogen-bond acceptors (Lipinski definition) is 3. The van der Waals surface area contributed by atoms with Gasteiger partial charge in [-0.25, -0.2) is 9.78 Å². The molecule has 1 aliphatic rings. The summed E-state index contributed by atoms with van der Waals surface area (Å²) in [6.45, 7) is 2.62. The Morgan fingerprint density at radius 2 is 2.21 bits per heavy atom. The maximum Gasteiger partial charge on any atom is 0.337 e. The number of aliphatic hydroxyl groups excluding tert-OH is 1. The molecule has 1 heterocycles. The molecule has 3 rings (SSSR count). The third-order valence-corrected chi connectivity index (χ3v) is 3.84. The second-order valence-corrected chi connectivity index (χ2v) is 5.24. The van der Waals surface area contributed by atoms with Crippen LogP contribution < -0.4 is 0 Å². The molecule has 19 heavy (non-hydrogen) atoms. The van der Waals surface area contributed by atoms with E-state index in [1.807, 2.05) is 17.6 Å². The van der Waals surface area contributed by atoms with Gasteiger partial charge in [0.25, 0.3) is 0 Å². The van der Waals surface area contributed by atoms with Crippen molar-refractivity contribution >= 4 is 17.0 Å². The Labute approximate surface area is 110 Å². The lowest BCUT2D eigenvalue weighted by Gasteiger charge is -2.32. The number of nitrogens with zero attached hydrogens (tertiary/aromatic N) is 2. The fraction of sp³-hybridized carbons (Fsp3) is 0.429. The summed E-state index contributed by atoms with van der Waals surface area (Å²) < 4.78 is 1.97. The molecule has 0 radical (unpaired) electrons. The first-order valence-corrected chi connectivity index (χ1v) is 6.43. The second-order valence-electron chi connectivity index (χ2n) is 5.24. The van der Waals surface area contributed by atoms with Gasteiger partial charge >= 0.3 is 5.97 Å². The summed E-state index contributed by atoms with van der Waals surface area (Å²) in [6, 6.07) is 5.16. The number of aryl methyl sites for hydroxylation is 1. The highest BCUT2D eigenvalue weighted by Crippen LogP contribution is 2.31. The number of aromatic nitrogens is 2. The normalized spacial score (nSPS) is 22.4. The molecule has 1 aromatic carbocycles. The van der Waals surface area contributed by atoms with E-state index in [1.54, 1.807) is 12.1 Å². The topological polar surface area (TPSA) is 75.3 Å². The van der Waals surface area contributed by atoms with Gasteiger partial charge in [0.05, 0.1) is 22.7 Å². The van der Waals surface area contributed by atoms with Gasteiger partial charge in [-0.1, -0.05) is 6.07 Å². The zero-order chi connectivity index (χ0) is 13.6. The van der Waals surface area contributed by atoms with Gasteiger partial charge in [0.15, 0.2) is 0 Å². The average Bonchev–Trinajstić information content (AvgIpc) is 2.63. The predicted molar refractivity (Wildman–Crippen MR) is 70.2 cm³/mol. The number of aromatic carboxylic acids is 1. The minimum atomic E-state index is -0.930. The number of carbonyl (C=O) groups is 1. The molecule has 0 amide bonds. The number of aliphatic hydroxyl groups is 1. The van der Waals surface area contributed by atoms with Crippen LogP contribution in [0.2, 0.25) is 0 Å². The summed E-state index contributed by atoms with van der Waals surface area (Å²) in [4.78, 5) is 15.7. The number of benzene rings is 1. The molecule has 1 aliphatic carbocycles. The monoisotopic (exact) mass is 260 g/mol. The maximum absolute atomic E-state index is 11.3. The minimum Gasteiger partial charge on any atom is -0.478 e. The van der Waals surface area contributed by atoms with E-state index in [0.29, 0.717) is 11.4 Å². The first-order valence-electron chi connectivity index (χ1n) is 6.43. The highest BCUT2D eigenvalue weighted by atomic mass is 16.4. The molecule has 2 aromatic rings. The fourth-order valence-corrected chi connectivity index (χ4v) is 2.81. The van der Waals surface area contributed by atoms with Gasteiger partial charge in [-0.05, 0) is 37.8 Å². The summed E-state index contributed by atoms with van der Waals surface area (Å²) in [5, 5.41) is 18.6. The van der Waals surface area contributed by atoms with Crippen molar-refractivity contribution in [3.63, 3.8) is 0 Å². The number of fused-ring (bicyclic) bond motifs is 1. The summed E-state index contributed by atoms with van der Waals surface area (Å²) in [5.41, 5.74) is 1.70. The smallest absolute Gasteiger partial charge is 0.337 e. The van der Waals surface area contributed by atoms with E-state index in [2.05, 4.69) is 4.98 Å². The van der Waals surface area contributed by atoms with E-state index in [-0.39, 0.29) is 11.7 Å². The van der Waals surface area contributed by atoms with Gasteiger partial charge in [-0.15, -0.1) is 0 Å². The Balaban J connectivity index is 2.06. The Kier molecular flexibility index (Phi) is 2.78. The highest BCUT2D eigenvalue weighted by Gasteiger charge is 2.28. The lowest BCUT2D eigenvalue weighted by Crippen LogP contribution is -2.31. The molecule has 1 fully saturated rings. The van der Waals surface area contributed by atoms with Crippen LogP contribution in [0.5, 0.6) is 0 Å². The molecule has 100 valence electrons. The third kappa shape index (κ3) is 2.00. The molecular weight excluding hydrogens is 244 g/mol. The maximum atomic E-state index is 11.3. The van der Waals surface area contributed by atoms with Crippen molar-refractivity contribution < 1.29 is 15.0 Å². The molecule has 0 bridgehead atoms. The van der Waals surface area contributed by atoms with E-state index >= 15 is 0 Å². The van der Waals surface area contributed by atoms with Gasteiger partial charge in [-0.3, -0.25) is 0 Å². The Bertz CT molecular complexity index is 641. The van der Waals surface area contributed by atoms with Gasteiger partial charge in [0, 0.05) is 6.54 Å². The first kappa shape index (κ1) is 12.2. The van der Waals surface area contributed by atoms with Crippen LogP contribution in [-0.2, 0) is 6.54 Å². The summed E-state index contributed by atoms with van der Waals surface area (Å²) in [6.07, 6.45) is 1.38. The van der Waals surface area contributed by atoms with E-state index in [0.717, 1.165) is 30.7 Å². The van der Waals surface area contributed by atoms with Crippen LogP contribution >= 0.6 is 0 Å². The summed E-state index contributed by atoms with van der Waals surface area (Å²) >= 11 is 0. The molecule has 0 unspecified atom stereocenters. The number of hydrogen-bond donors (Lipinski definition) is 2. The zero-order valence-electron chi connectivity index (χ0n) is 10.7. The van der Waals surface area contributed by atoms with Gasteiger partial charge < -0.3 is 14.8 Å². The van der Waals surface area contributed by atoms with E-state index < -0.39 is 5.97 Å². The number of rotatable bonds is 3. The van der Waals surface area contributed by atoms with Crippen molar-refractivity contribution in [1.29, 1.82) is 0 Å². The Hall–Kier alpha value is -1.88. The van der Waals surface area contributed by atoms with E-state index in [1.165, 1.54) is 0 Å². The van der Waals surface area contributed by atoms with Crippen molar-refractivity contribution in [1.82, 2.24) is 9.55 Å². The molecule has 5 nitrogen and oxygen atoms in total. The van der Waals surface area contributed by atoms with E-state index in [9.17, 15) is 15.0 Å². The van der Waals surface area contributed by atoms with Crippen molar-refractivity contribution in [2.24, 2.45) is 5.92 Å². The zero-order valence-corrected chi connectivity index (χ0v) is 10.7. The summed E-state index contributed by atoms with van der Waals surface area (Å²) in [5.74, 6) is 0.304. The first-order chi connectivity index (χ1) is 9.06. The quantitative estimate of drug-likeness (QED) is 0.882. The fourth-order valence-electron chi connectivity index (χ4n) is 2.81. The molecule has 1 aromatic heterocycles. The van der Waals surface area contributed by atoms with Gasteiger partial charge in [0.2, 0.25) is 0 Å². The molecule has 0 saturated heterocycles. The average molecular weight is 260 g/mol. The number of para-hydroxylation sites is 1. The van der Waals surface area contributed by atoms with Crippen molar-refractivity contribution in [3.8, 4) is 0 Å².